The van der Waals surface area contributed by atoms with Crippen LogP contribution in [0.2, 0.25) is 0 Å². The molecule has 3 unspecified atom stereocenters. The van der Waals surface area contributed by atoms with Crippen molar-refractivity contribution in [3.8, 4) is 0 Å². The van der Waals surface area contributed by atoms with Crippen LogP contribution in [0.5, 0.6) is 0 Å². The van der Waals surface area contributed by atoms with E-state index in [-0.39, 0.29) is 24.4 Å². The predicted molar refractivity (Wildman–Crippen MR) is 128 cm³/mol. The summed E-state index contributed by atoms with van der Waals surface area (Å²) >= 11 is 1.47. The van der Waals surface area contributed by atoms with Gasteiger partial charge >= 0.3 is 0 Å². The van der Waals surface area contributed by atoms with Gasteiger partial charge in [-0.2, -0.15) is 0 Å². The number of para-hydroxylation sites is 1. The highest BCUT2D eigenvalue weighted by atomic mass is 32.2. The van der Waals surface area contributed by atoms with E-state index in [0.717, 1.165) is 34.6 Å². The summed E-state index contributed by atoms with van der Waals surface area (Å²) < 4.78 is 0. The van der Waals surface area contributed by atoms with E-state index < -0.39 is 0 Å². The van der Waals surface area contributed by atoms with Crippen molar-refractivity contribution in [2.24, 2.45) is 11.8 Å². The number of fused-ring (bicyclic) bond motifs is 1. The van der Waals surface area contributed by atoms with Gasteiger partial charge in [0, 0.05) is 10.9 Å². The zero-order chi connectivity index (χ0) is 22.0. The van der Waals surface area contributed by atoms with Crippen LogP contribution in [0.1, 0.15) is 44.2 Å². The molecule has 1 N–H and O–H groups in total. The molecule has 162 valence electrons. The van der Waals surface area contributed by atoms with E-state index in [1.165, 1.54) is 18.2 Å². The summed E-state index contributed by atoms with van der Waals surface area (Å²) in [6.07, 6.45) is 5.31. The van der Waals surface area contributed by atoms with Crippen LogP contribution in [0.3, 0.4) is 0 Å². The average Bonchev–Trinajstić information content (AvgIpc) is 2.76. The van der Waals surface area contributed by atoms with Crippen molar-refractivity contribution in [1.29, 1.82) is 0 Å². The molecule has 0 spiro atoms. The molecule has 0 saturated heterocycles. The number of anilines is 1. The molecule has 0 aromatic heterocycles. The second-order valence-corrected chi connectivity index (χ2v) is 9.85. The molecule has 4 rings (SSSR count). The molecule has 1 aliphatic heterocycles. The standard InChI is InChI=1S/C26H30N2O2S/c1-17-10-8-12-21(19(17)3)27-25(29)16-28-22-13-6-7-14-23(22)31-24(26(28)30)15-20-11-5-4-9-18(20)2/h4-7,9,11,13-15,17,19,21H,8,10,12,16H2,1-3H3,(H,27,29). The topological polar surface area (TPSA) is 49.4 Å². The summed E-state index contributed by atoms with van der Waals surface area (Å²) in [5.41, 5.74) is 2.94. The third-order valence-corrected chi connectivity index (χ3v) is 7.74. The number of hydrogen-bond donors (Lipinski definition) is 1. The fraction of sp³-hybridized carbons (Fsp3) is 0.385. The smallest absolute Gasteiger partial charge is 0.265 e. The van der Waals surface area contributed by atoms with Crippen LogP contribution in [-0.4, -0.2) is 24.4 Å². The van der Waals surface area contributed by atoms with E-state index in [1.54, 1.807) is 4.90 Å². The Morgan fingerprint density at radius 2 is 1.87 bits per heavy atom. The monoisotopic (exact) mass is 434 g/mol. The van der Waals surface area contributed by atoms with E-state index >= 15 is 0 Å². The number of carbonyl (C=O) groups is 2. The predicted octanol–water partition coefficient (Wildman–Crippen LogP) is 5.42. The maximum Gasteiger partial charge on any atom is 0.265 e. The second-order valence-electron chi connectivity index (χ2n) is 8.77. The van der Waals surface area contributed by atoms with Gasteiger partial charge < -0.3 is 5.32 Å². The zero-order valence-electron chi connectivity index (χ0n) is 18.4. The van der Waals surface area contributed by atoms with Crippen molar-refractivity contribution in [2.75, 3.05) is 11.4 Å². The zero-order valence-corrected chi connectivity index (χ0v) is 19.2. The SMILES string of the molecule is Cc1ccccc1C=C1Sc2ccccc2N(CC(=O)NC2CCCC(C)C2C)C1=O. The third kappa shape index (κ3) is 4.72. The number of hydrogen-bond acceptors (Lipinski definition) is 3. The van der Waals surface area contributed by atoms with Gasteiger partial charge in [0.05, 0.1) is 10.6 Å². The number of thioether (sulfide) groups is 1. The highest BCUT2D eigenvalue weighted by molar-refractivity contribution is 8.04. The summed E-state index contributed by atoms with van der Waals surface area (Å²) in [4.78, 5) is 29.6. The first-order chi connectivity index (χ1) is 14.9. The lowest BCUT2D eigenvalue weighted by Gasteiger charge is -2.35. The summed E-state index contributed by atoms with van der Waals surface area (Å²) in [5.74, 6) is 0.856. The molecular formula is C26H30N2O2S. The van der Waals surface area contributed by atoms with Crippen LogP contribution in [0.4, 0.5) is 5.69 Å². The molecule has 2 amide bonds. The minimum atomic E-state index is -0.118. The Morgan fingerprint density at radius 3 is 2.68 bits per heavy atom. The minimum absolute atomic E-state index is 0.0408. The Hall–Kier alpha value is -2.53. The van der Waals surface area contributed by atoms with Gasteiger partial charge in [-0.05, 0) is 54.5 Å². The van der Waals surface area contributed by atoms with Crippen molar-refractivity contribution >= 4 is 35.3 Å². The molecular weight excluding hydrogens is 404 g/mol. The molecule has 4 nitrogen and oxygen atoms in total. The van der Waals surface area contributed by atoms with E-state index in [2.05, 4.69) is 19.2 Å². The summed E-state index contributed by atoms with van der Waals surface area (Å²) in [6, 6.07) is 16.0. The molecule has 31 heavy (non-hydrogen) atoms. The first-order valence-corrected chi connectivity index (χ1v) is 11.9. The Morgan fingerprint density at radius 1 is 1.13 bits per heavy atom. The fourth-order valence-electron chi connectivity index (χ4n) is 4.49. The fourth-order valence-corrected chi connectivity index (χ4v) is 5.54. The van der Waals surface area contributed by atoms with Crippen molar-refractivity contribution < 1.29 is 9.59 Å². The van der Waals surface area contributed by atoms with Crippen molar-refractivity contribution in [1.82, 2.24) is 5.32 Å². The van der Waals surface area contributed by atoms with Gasteiger partial charge in [-0.3, -0.25) is 14.5 Å². The number of benzene rings is 2. The van der Waals surface area contributed by atoms with E-state index in [0.29, 0.717) is 16.7 Å². The van der Waals surface area contributed by atoms with Crippen LogP contribution in [0.15, 0.2) is 58.3 Å². The summed E-state index contributed by atoms with van der Waals surface area (Å²) in [6.45, 7) is 6.55. The largest absolute Gasteiger partial charge is 0.352 e. The lowest BCUT2D eigenvalue weighted by atomic mass is 9.78. The summed E-state index contributed by atoms with van der Waals surface area (Å²) in [7, 11) is 0. The number of carbonyl (C=O) groups excluding carboxylic acids is 2. The van der Waals surface area contributed by atoms with Crippen molar-refractivity contribution in [3.05, 3.63) is 64.6 Å². The first-order valence-electron chi connectivity index (χ1n) is 11.1. The molecule has 3 atom stereocenters. The number of nitrogens with zero attached hydrogens (tertiary/aromatic N) is 1. The molecule has 0 bridgehead atoms. The number of amides is 2. The van der Waals surface area contributed by atoms with Gasteiger partial charge in [-0.25, -0.2) is 0 Å². The van der Waals surface area contributed by atoms with Gasteiger partial charge in [0.25, 0.3) is 5.91 Å². The maximum atomic E-state index is 13.4. The molecule has 2 aliphatic rings. The van der Waals surface area contributed by atoms with Gasteiger partial charge in [0.2, 0.25) is 5.91 Å². The highest BCUT2D eigenvalue weighted by Gasteiger charge is 2.32. The second kappa shape index (κ2) is 9.31. The molecule has 1 saturated carbocycles. The Kier molecular flexibility index (Phi) is 6.51. The van der Waals surface area contributed by atoms with Crippen LogP contribution in [0.25, 0.3) is 6.08 Å². The third-order valence-electron chi connectivity index (χ3n) is 6.66. The highest BCUT2D eigenvalue weighted by Crippen LogP contribution is 2.42. The molecule has 5 heteroatoms. The van der Waals surface area contributed by atoms with Gasteiger partial charge in [0.15, 0.2) is 0 Å². The maximum absolute atomic E-state index is 13.4. The van der Waals surface area contributed by atoms with E-state index in [9.17, 15) is 9.59 Å². The minimum Gasteiger partial charge on any atom is -0.352 e. The lowest BCUT2D eigenvalue weighted by molar-refractivity contribution is -0.123. The Balaban J connectivity index is 1.58. The molecule has 2 aromatic carbocycles. The molecule has 2 aromatic rings. The Bertz CT molecular complexity index is 1020. The number of rotatable bonds is 4. The number of aryl methyl sites for hydroxylation is 1. The van der Waals surface area contributed by atoms with Crippen molar-refractivity contribution in [3.63, 3.8) is 0 Å². The molecule has 0 radical (unpaired) electrons. The van der Waals surface area contributed by atoms with Gasteiger partial charge in [-0.15, -0.1) is 0 Å². The van der Waals surface area contributed by atoms with E-state index in [4.69, 9.17) is 0 Å². The van der Waals surface area contributed by atoms with Crippen LogP contribution >= 0.6 is 11.8 Å². The van der Waals surface area contributed by atoms with Crippen LogP contribution in [-0.2, 0) is 9.59 Å². The summed E-state index contributed by atoms with van der Waals surface area (Å²) in [5, 5.41) is 3.21. The molecule has 1 aliphatic carbocycles. The van der Waals surface area contributed by atoms with E-state index in [1.807, 2.05) is 61.5 Å². The van der Waals surface area contributed by atoms with Crippen molar-refractivity contribution in [2.45, 2.75) is 51.0 Å². The number of nitrogens with one attached hydrogen (secondary N) is 1. The Labute approximate surface area is 189 Å². The normalized spacial score (nSPS) is 24.7. The van der Waals surface area contributed by atoms with Gasteiger partial charge in [-0.1, -0.05) is 74.8 Å². The quantitative estimate of drug-likeness (QED) is 0.654. The van der Waals surface area contributed by atoms with Gasteiger partial charge in [0.1, 0.15) is 6.54 Å². The molecule has 1 fully saturated rings. The van der Waals surface area contributed by atoms with Crippen LogP contribution in [0, 0.1) is 18.8 Å². The lowest BCUT2D eigenvalue weighted by Crippen LogP contribution is -2.49. The first kappa shape index (κ1) is 21.7. The average molecular weight is 435 g/mol. The van der Waals surface area contributed by atoms with Crippen LogP contribution < -0.4 is 10.2 Å². The molecule has 1 heterocycles.